The van der Waals surface area contributed by atoms with Gasteiger partial charge in [-0.3, -0.25) is 10.1 Å². The zero-order chi connectivity index (χ0) is 10.7. The second kappa shape index (κ2) is 4.31. The summed E-state index contributed by atoms with van der Waals surface area (Å²) in [4.78, 5) is 10.5. The van der Waals surface area contributed by atoms with Gasteiger partial charge in [0, 0.05) is 11.8 Å². The Labute approximate surface area is 91.6 Å². The number of benzene rings is 1. The summed E-state index contributed by atoms with van der Waals surface area (Å²) in [6, 6.07) is 6.85. The molecule has 0 aromatic heterocycles. The topological polar surface area (TPSA) is 43.1 Å². The second-order valence-corrected chi connectivity index (χ2v) is 4.00. The van der Waals surface area contributed by atoms with Gasteiger partial charge in [-0.15, -0.1) is 11.8 Å². The second-order valence-electron chi connectivity index (χ2n) is 3.11. The summed E-state index contributed by atoms with van der Waals surface area (Å²) < 4.78 is 0. The summed E-state index contributed by atoms with van der Waals surface area (Å²) in [7, 11) is 0. The predicted octanol–water partition coefficient (Wildman–Crippen LogP) is 3.24. The molecule has 0 fully saturated rings. The Morgan fingerprint density at radius 3 is 2.80 bits per heavy atom. The molecule has 15 heavy (non-hydrogen) atoms. The number of nitro benzene ring substituents is 1. The van der Waals surface area contributed by atoms with E-state index in [9.17, 15) is 10.1 Å². The number of nitrogens with zero attached hydrogens (tertiary/aromatic N) is 1. The number of hydrogen-bond acceptors (Lipinski definition) is 3. The number of para-hydroxylation sites is 1. The molecule has 0 spiro atoms. The lowest BCUT2D eigenvalue weighted by Gasteiger charge is -2.08. The molecule has 1 aliphatic rings. The number of hydrogen-bond donors (Lipinski definition) is 0. The molecular weight excluding hydrogens is 210 g/mol. The number of allylic oxidation sites excluding steroid dienone is 2. The highest BCUT2D eigenvalue weighted by Crippen LogP contribution is 2.30. The van der Waals surface area contributed by atoms with Gasteiger partial charge in [0.1, 0.15) is 0 Å². The van der Waals surface area contributed by atoms with E-state index in [2.05, 4.69) is 0 Å². The van der Waals surface area contributed by atoms with E-state index in [-0.39, 0.29) is 10.6 Å². The van der Waals surface area contributed by atoms with E-state index in [0.717, 1.165) is 16.9 Å². The van der Waals surface area contributed by atoms with Crippen LogP contribution in [0.3, 0.4) is 0 Å². The van der Waals surface area contributed by atoms with Gasteiger partial charge in [0.05, 0.1) is 10.5 Å². The Morgan fingerprint density at radius 2 is 2.13 bits per heavy atom. The minimum Gasteiger partial charge on any atom is -0.258 e. The fraction of sp³-hybridized carbons (Fsp3) is 0.0909. The first-order chi connectivity index (χ1) is 7.29. The van der Waals surface area contributed by atoms with Crippen molar-refractivity contribution in [3.63, 3.8) is 0 Å². The molecule has 0 N–H and O–H groups in total. The van der Waals surface area contributed by atoms with Crippen molar-refractivity contribution < 1.29 is 4.92 Å². The Bertz CT molecular complexity index is 452. The zero-order valence-electron chi connectivity index (χ0n) is 7.92. The van der Waals surface area contributed by atoms with Gasteiger partial charge < -0.3 is 0 Å². The van der Waals surface area contributed by atoms with Crippen molar-refractivity contribution in [1.82, 2.24) is 0 Å². The minimum atomic E-state index is -0.334. The van der Waals surface area contributed by atoms with Crippen LogP contribution in [-0.4, -0.2) is 10.7 Å². The van der Waals surface area contributed by atoms with E-state index in [1.54, 1.807) is 30.0 Å². The highest BCUT2D eigenvalue weighted by atomic mass is 32.2. The normalized spacial score (nSPS) is 14.8. The Morgan fingerprint density at radius 1 is 1.33 bits per heavy atom. The van der Waals surface area contributed by atoms with Crippen LogP contribution in [0.1, 0.15) is 5.56 Å². The van der Waals surface area contributed by atoms with E-state index in [1.807, 2.05) is 23.6 Å². The Hall–Kier alpha value is -1.55. The van der Waals surface area contributed by atoms with E-state index in [0.29, 0.717) is 0 Å². The average Bonchev–Trinajstić information content (AvgIpc) is 2.30. The molecule has 0 bridgehead atoms. The molecule has 0 atom stereocenters. The Balaban J connectivity index is 2.47. The quantitative estimate of drug-likeness (QED) is 0.566. The van der Waals surface area contributed by atoms with Gasteiger partial charge in [-0.25, -0.2) is 0 Å². The fourth-order valence-electron chi connectivity index (χ4n) is 1.47. The fourth-order valence-corrected chi connectivity index (χ4v) is 2.19. The molecule has 1 heterocycles. The van der Waals surface area contributed by atoms with Crippen LogP contribution >= 0.6 is 11.8 Å². The summed E-state index contributed by atoms with van der Waals surface area (Å²) >= 11 is 1.65. The van der Waals surface area contributed by atoms with E-state index in [4.69, 9.17) is 0 Å². The molecule has 1 aliphatic heterocycles. The summed E-state index contributed by atoms with van der Waals surface area (Å²) in [5.74, 6) is 0.793. The van der Waals surface area contributed by atoms with Gasteiger partial charge in [0.15, 0.2) is 0 Å². The minimum absolute atomic E-state index is 0.180. The Kier molecular flexibility index (Phi) is 2.87. The van der Waals surface area contributed by atoms with Gasteiger partial charge >= 0.3 is 0 Å². The van der Waals surface area contributed by atoms with Crippen LogP contribution in [0, 0.1) is 10.1 Å². The average molecular weight is 219 g/mol. The SMILES string of the molecule is O=[N+]([O-])c1ccccc1C1=CC=CSC1. The molecule has 0 saturated carbocycles. The zero-order valence-corrected chi connectivity index (χ0v) is 8.74. The molecular formula is C11H9NO2S. The van der Waals surface area contributed by atoms with E-state index in [1.165, 1.54) is 0 Å². The lowest BCUT2D eigenvalue weighted by Crippen LogP contribution is -1.97. The smallest absolute Gasteiger partial charge is 0.258 e. The van der Waals surface area contributed by atoms with Crippen LogP contribution < -0.4 is 0 Å². The van der Waals surface area contributed by atoms with Gasteiger partial charge in [0.2, 0.25) is 0 Å². The van der Waals surface area contributed by atoms with E-state index >= 15 is 0 Å². The molecule has 0 unspecified atom stereocenters. The molecule has 2 rings (SSSR count). The maximum absolute atomic E-state index is 10.8. The van der Waals surface area contributed by atoms with Crippen LogP contribution in [0.25, 0.3) is 5.57 Å². The largest absolute Gasteiger partial charge is 0.276 e. The summed E-state index contributed by atoms with van der Waals surface area (Å²) in [5, 5.41) is 12.8. The molecule has 4 heteroatoms. The molecule has 3 nitrogen and oxygen atoms in total. The molecule has 1 aromatic rings. The monoisotopic (exact) mass is 219 g/mol. The molecule has 76 valence electrons. The standard InChI is InChI=1S/C11H9NO2S/c13-12(14)11-6-2-1-5-10(11)9-4-3-7-15-8-9/h1-7H,8H2. The first-order valence-electron chi connectivity index (χ1n) is 4.50. The number of rotatable bonds is 2. The van der Waals surface area contributed by atoms with Crippen molar-refractivity contribution in [1.29, 1.82) is 0 Å². The van der Waals surface area contributed by atoms with Crippen LogP contribution in [0.5, 0.6) is 0 Å². The van der Waals surface area contributed by atoms with Crippen molar-refractivity contribution >= 4 is 23.0 Å². The first kappa shape index (κ1) is 9.98. The highest BCUT2D eigenvalue weighted by Gasteiger charge is 2.16. The lowest BCUT2D eigenvalue weighted by molar-refractivity contribution is -0.385. The third kappa shape index (κ3) is 2.10. The van der Waals surface area contributed by atoms with Crippen LogP contribution in [-0.2, 0) is 0 Å². The van der Waals surface area contributed by atoms with Crippen molar-refractivity contribution in [3.8, 4) is 0 Å². The number of nitro groups is 1. The van der Waals surface area contributed by atoms with Crippen molar-refractivity contribution in [2.75, 3.05) is 5.75 Å². The lowest BCUT2D eigenvalue weighted by atomic mass is 10.0. The number of thioether (sulfide) groups is 1. The van der Waals surface area contributed by atoms with Crippen LogP contribution in [0.15, 0.2) is 41.8 Å². The molecule has 1 aromatic carbocycles. The summed E-state index contributed by atoms with van der Waals surface area (Å²) in [5.41, 5.74) is 1.91. The van der Waals surface area contributed by atoms with Crippen LogP contribution in [0.2, 0.25) is 0 Å². The molecule has 0 saturated heterocycles. The van der Waals surface area contributed by atoms with Gasteiger partial charge in [-0.1, -0.05) is 24.3 Å². The van der Waals surface area contributed by atoms with Crippen molar-refractivity contribution in [2.24, 2.45) is 0 Å². The maximum atomic E-state index is 10.8. The van der Waals surface area contributed by atoms with Gasteiger partial charge in [0.25, 0.3) is 5.69 Å². The molecule has 0 radical (unpaired) electrons. The van der Waals surface area contributed by atoms with Crippen LogP contribution in [0.4, 0.5) is 5.69 Å². The first-order valence-corrected chi connectivity index (χ1v) is 5.55. The third-order valence-corrected chi connectivity index (χ3v) is 2.98. The van der Waals surface area contributed by atoms with Gasteiger partial charge in [-0.05, 0) is 17.0 Å². The van der Waals surface area contributed by atoms with Crippen molar-refractivity contribution in [3.05, 3.63) is 57.5 Å². The predicted molar refractivity (Wildman–Crippen MR) is 62.7 cm³/mol. The highest BCUT2D eigenvalue weighted by molar-refractivity contribution is 8.02. The molecule has 0 aliphatic carbocycles. The maximum Gasteiger partial charge on any atom is 0.276 e. The summed E-state index contributed by atoms with van der Waals surface area (Å²) in [6.45, 7) is 0. The van der Waals surface area contributed by atoms with E-state index < -0.39 is 0 Å². The molecule has 0 amide bonds. The summed E-state index contributed by atoms with van der Waals surface area (Å²) in [6.07, 6.45) is 3.85. The van der Waals surface area contributed by atoms with Crippen molar-refractivity contribution in [2.45, 2.75) is 0 Å². The van der Waals surface area contributed by atoms with Gasteiger partial charge in [-0.2, -0.15) is 0 Å². The third-order valence-electron chi connectivity index (χ3n) is 2.16.